The maximum absolute atomic E-state index is 13.5. The van der Waals surface area contributed by atoms with Gasteiger partial charge in [-0.3, -0.25) is 0 Å². The van der Waals surface area contributed by atoms with Gasteiger partial charge in [-0.15, -0.1) is 0 Å². The molecule has 25 heavy (non-hydrogen) atoms. The average Bonchev–Trinajstić information content (AvgIpc) is 2.89. The Morgan fingerprint density at radius 3 is 2.40 bits per heavy atom. The Kier molecular flexibility index (Phi) is 5.03. The Hall–Kier alpha value is -0.913. The van der Waals surface area contributed by atoms with Gasteiger partial charge >= 0.3 is 0 Å². The molecule has 1 aromatic carbocycles. The molecule has 3 nitrogen and oxygen atoms in total. The van der Waals surface area contributed by atoms with Crippen LogP contribution in [0.2, 0.25) is 25.7 Å². The third-order valence-corrected chi connectivity index (χ3v) is 8.98. The van der Waals surface area contributed by atoms with E-state index < -0.39 is 18.1 Å². The lowest BCUT2D eigenvalue weighted by molar-refractivity contribution is 0.166. The molecule has 1 heterocycles. The number of hydrogen-bond acceptors (Lipinski definition) is 2. The smallest absolute Gasteiger partial charge is 0.207 e. The summed E-state index contributed by atoms with van der Waals surface area (Å²) in [6.07, 6.45) is 7.39. The quantitative estimate of drug-likeness (QED) is 0.549. The highest BCUT2D eigenvalue weighted by molar-refractivity contribution is 7.89. The first-order valence-electron chi connectivity index (χ1n) is 9.44. The van der Waals surface area contributed by atoms with Gasteiger partial charge in [-0.25, -0.2) is 8.42 Å². The Labute approximate surface area is 154 Å². The second-order valence-electron chi connectivity index (χ2n) is 8.88. The first kappa shape index (κ1) is 18.9. The lowest BCUT2D eigenvalue weighted by Gasteiger charge is -2.46. The van der Waals surface area contributed by atoms with Gasteiger partial charge in [-0.2, -0.15) is 4.31 Å². The van der Waals surface area contributed by atoms with E-state index in [2.05, 4.69) is 25.7 Å². The van der Waals surface area contributed by atoms with Crippen LogP contribution in [0.1, 0.15) is 37.7 Å². The van der Waals surface area contributed by atoms with Gasteiger partial charge in [0.15, 0.2) is 0 Å². The molecule has 1 aliphatic carbocycles. The van der Waals surface area contributed by atoms with Crippen molar-refractivity contribution in [3.8, 4) is 0 Å². The summed E-state index contributed by atoms with van der Waals surface area (Å²) in [5.74, 6) is 0. The Morgan fingerprint density at radius 1 is 1.08 bits per heavy atom. The predicted molar refractivity (Wildman–Crippen MR) is 107 cm³/mol. The Bertz CT molecular complexity index is 762. The van der Waals surface area contributed by atoms with Crippen LogP contribution in [0, 0.1) is 6.92 Å². The summed E-state index contributed by atoms with van der Waals surface area (Å²) in [6, 6.07) is 8.44. The van der Waals surface area contributed by atoms with Crippen LogP contribution in [0.5, 0.6) is 0 Å². The number of rotatable bonds is 4. The molecule has 1 aliphatic heterocycles. The zero-order valence-electron chi connectivity index (χ0n) is 16.0. The monoisotopic (exact) mass is 377 g/mol. The molecule has 0 N–H and O–H groups in total. The van der Waals surface area contributed by atoms with Gasteiger partial charge in [-0.05, 0) is 57.2 Å². The van der Waals surface area contributed by atoms with Gasteiger partial charge in [0.1, 0.15) is 0 Å². The highest BCUT2D eigenvalue weighted by atomic mass is 32.2. The number of benzene rings is 1. The first-order chi connectivity index (χ1) is 11.7. The maximum atomic E-state index is 13.5. The molecule has 5 heteroatoms. The van der Waals surface area contributed by atoms with E-state index in [0.717, 1.165) is 43.7 Å². The summed E-state index contributed by atoms with van der Waals surface area (Å²) < 4.78 is 28.8. The van der Waals surface area contributed by atoms with E-state index in [1.807, 2.05) is 23.4 Å². The standard InChI is InChI=1S/C20H31NO2SSi/c1-17-9-11-19(12-10-17)24(22,23)21-15-6-5-13-20(21)14-7-8-18(20)16-25(2,3)4/h8-12H,5-7,13-16H2,1-4H3. The molecule has 0 radical (unpaired) electrons. The molecule has 2 aliphatic rings. The zero-order valence-corrected chi connectivity index (χ0v) is 17.8. The van der Waals surface area contributed by atoms with Gasteiger partial charge in [0.2, 0.25) is 10.0 Å². The second kappa shape index (κ2) is 6.67. The minimum absolute atomic E-state index is 0.262. The summed E-state index contributed by atoms with van der Waals surface area (Å²) in [5.41, 5.74) is 2.23. The van der Waals surface area contributed by atoms with Crippen molar-refractivity contribution < 1.29 is 8.42 Å². The predicted octanol–water partition coefficient (Wildman–Crippen LogP) is 4.97. The van der Waals surface area contributed by atoms with Crippen molar-refractivity contribution in [1.29, 1.82) is 0 Å². The number of aryl methyl sites for hydroxylation is 1. The van der Waals surface area contributed by atoms with E-state index in [4.69, 9.17) is 0 Å². The van der Waals surface area contributed by atoms with E-state index in [1.165, 1.54) is 5.57 Å². The lowest BCUT2D eigenvalue weighted by Crippen LogP contribution is -2.55. The van der Waals surface area contributed by atoms with Crippen molar-refractivity contribution in [2.75, 3.05) is 6.54 Å². The molecular formula is C20H31NO2SSi. The van der Waals surface area contributed by atoms with Crippen LogP contribution in [0.15, 0.2) is 40.8 Å². The molecule has 1 unspecified atom stereocenters. The average molecular weight is 378 g/mol. The van der Waals surface area contributed by atoms with Crippen molar-refractivity contribution in [1.82, 2.24) is 4.31 Å². The first-order valence-corrected chi connectivity index (χ1v) is 14.6. The fourth-order valence-electron chi connectivity index (χ4n) is 4.41. The molecular weight excluding hydrogens is 346 g/mol. The molecule has 0 saturated carbocycles. The van der Waals surface area contributed by atoms with Crippen molar-refractivity contribution in [3.63, 3.8) is 0 Å². The fraction of sp³-hybridized carbons (Fsp3) is 0.600. The van der Waals surface area contributed by atoms with Gasteiger partial charge in [0, 0.05) is 14.6 Å². The van der Waals surface area contributed by atoms with Crippen molar-refractivity contribution in [2.24, 2.45) is 0 Å². The third-order valence-electron chi connectivity index (χ3n) is 5.56. The van der Waals surface area contributed by atoms with Gasteiger partial charge in [-0.1, -0.05) is 49.0 Å². The van der Waals surface area contributed by atoms with Crippen molar-refractivity contribution >= 4 is 18.1 Å². The summed E-state index contributed by atoms with van der Waals surface area (Å²) >= 11 is 0. The van der Waals surface area contributed by atoms with E-state index >= 15 is 0 Å². The lowest BCUT2D eigenvalue weighted by atomic mass is 9.83. The van der Waals surface area contributed by atoms with Crippen molar-refractivity contribution in [3.05, 3.63) is 41.5 Å². The fourth-order valence-corrected chi connectivity index (χ4v) is 7.89. The van der Waals surface area contributed by atoms with Crippen LogP contribution in [0.4, 0.5) is 0 Å². The Morgan fingerprint density at radius 2 is 1.76 bits per heavy atom. The van der Waals surface area contributed by atoms with Crippen LogP contribution in [0.3, 0.4) is 0 Å². The molecule has 3 rings (SSSR count). The molecule has 1 saturated heterocycles. The Balaban J connectivity index is 2.01. The van der Waals surface area contributed by atoms with Crippen LogP contribution < -0.4 is 0 Å². The molecule has 1 atom stereocenters. The summed E-state index contributed by atoms with van der Waals surface area (Å²) in [4.78, 5) is 0.443. The highest BCUT2D eigenvalue weighted by Gasteiger charge is 2.49. The van der Waals surface area contributed by atoms with Gasteiger partial charge in [0.05, 0.1) is 10.4 Å². The second-order valence-corrected chi connectivity index (χ2v) is 16.2. The minimum Gasteiger partial charge on any atom is -0.207 e. The van der Waals surface area contributed by atoms with E-state index in [0.29, 0.717) is 11.4 Å². The molecule has 1 fully saturated rings. The maximum Gasteiger partial charge on any atom is 0.243 e. The summed E-state index contributed by atoms with van der Waals surface area (Å²) in [7, 11) is -4.75. The zero-order chi connectivity index (χ0) is 18.3. The third kappa shape index (κ3) is 3.64. The minimum atomic E-state index is -3.45. The highest BCUT2D eigenvalue weighted by Crippen LogP contribution is 2.48. The van der Waals surface area contributed by atoms with E-state index in [-0.39, 0.29) is 5.54 Å². The SMILES string of the molecule is Cc1ccc(S(=O)(=O)N2CCCCC23CCC=C3C[Si](C)(C)C)cc1. The molecule has 138 valence electrons. The van der Waals surface area contributed by atoms with Crippen molar-refractivity contribution in [2.45, 2.75) is 75.1 Å². The van der Waals surface area contributed by atoms with Crippen LogP contribution in [-0.2, 0) is 10.0 Å². The number of allylic oxidation sites excluding steroid dienone is 1. The largest absolute Gasteiger partial charge is 0.243 e. The topological polar surface area (TPSA) is 37.4 Å². The van der Waals surface area contributed by atoms with E-state index in [1.54, 1.807) is 12.1 Å². The van der Waals surface area contributed by atoms with E-state index in [9.17, 15) is 8.42 Å². The molecule has 0 bridgehead atoms. The normalized spacial score (nSPS) is 25.4. The summed E-state index contributed by atoms with van der Waals surface area (Å²) in [6.45, 7) is 9.77. The van der Waals surface area contributed by atoms with Gasteiger partial charge < -0.3 is 0 Å². The molecule has 1 aromatic rings. The number of nitrogens with zero attached hydrogens (tertiary/aromatic N) is 1. The number of piperidine rings is 1. The molecule has 0 amide bonds. The van der Waals surface area contributed by atoms with Crippen LogP contribution in [-0.4, -0.2) is 32.9 Å². The van der Waals surface area contributed by atoms with Crippen LogP contribution in [0.25, 0.3) is 0 Å². The van der Waals surface area contributed by atoms with Gasteiger partial charge in [0.25, 0.3) is 0 Å². The number of sulfonamides is 1. The number of hydrogen-bond donors (Lipinski definition) is 0. The van der Waals surface area contributed by atoms with Crippen LogP contribution >= 0.6 is 0 Å². The molecule has 0 aromatic heterocycles. The molecule has 1 spiro atoms. The summed E-state index contributed by atoms with van der Waals surface area (Å²) in [5, 5.41) is 0.